The van der Waals surface area contributed by atoms with Gasteiger partial charge in [-0.15, -0.1) is 0 Å². The lowest BCUT2D eigenvalue weighted by Gasteiger charge is -2.50. The third-order valence-corrected chi connectivity index (χ3v) is 6.51. The Hall–Kier alpha value is -2.13. The van der Waals surface area contributed by atoms with Crippen LogP contribution in [0.4, 0.5) is 0 Å². The van der Waals surface area contributed by atoms with Gasteiger partial charge in [-0.3, -0.25) is 9.69 Å². The minimum absolute atomic E-state index is 0.0178. The Morgan fingerprint density at radius 1 is 1.16 bits per heavy atom. The van der Waals surface area contributed by atoms with Gasteiger partial charge in [-0.05, 0) is 47.6 Å². The Morgan fingerprint density at radius 3 is 2.84 bits per heavy atom. The fraction of sp³-hybridized carbons (Fsp3) is 0.409. The number of nitrogens with zero attached hydrogens (tertiary/aromatic N) is 1. The lowest BCUT2D eigenvalue weighted by Crippen LogP contribution is -2.58. The fourth-order valence-corrected chi connectivity index (χ4v) is 5.39. The number of rotatable bonds is 2. The SMILES string of the molecule is COC(=O)C1C2CC3CCC1N3C/C2=C\c1ccc2ccccc2c1. The van der Waals surface area contributed by atoms with Crippen molar-refractivity contribution in [3.05, 3.63) is 53.6 Å². The van der Waals surface area contributed by atoms with Gasteiger partial charge in [-0.2, -0.15) is 0 Å². The van der Waals surface area contributed by atoms with Crippen molar-refractivity contribution >= 4 is 22.8 Å². The van der Waals surface area contributed by atoms with Gasteiger partial charge in [-0.25, -0.2) is 0 Å². The summed E-state index contributed by atoms with van der Waals surface area (Å²) >= 11 is 0. The normalized spacial score (nSPS) is 34.6. The Labute approximate surface area is 148 Å². The number of ether oxygens (including phenoxy) is 1. The maximum atomic E-state index is 12.4. The summed E-state index contributed by atoms with van der Waals surface area (Å²) in [6.07, 6.45) is 5.80. The zero-order valence-corrected chi connectivity index (χ0v) is 14.5. The molecule has 2 aromatic rings. The highest BCUT2D eigenvalue weighted by Crippen LogP contribution is 2.50. The zero-order valence-electron chi connectivity index (χ0n) is 14.5. The van der Waals surface area contributed by atoms with E-state index >= 15 is 0 Å². The molecule has 5 unspecified atom stereocenters. The van der Waals surface area contributed by atoms with Crippen LogP contribution >= 0.6 is 0 Å². The van der Waals surface area contributed by atoms with E-state index in [9.17, 15) is 4.79 Å². The first-order valence-corrected chi connectivity index (χ1v) is 9.27. The van der Waals surface area contributed by atoms with Crippen molar-refractivity contribution in [2.75, 3.05) is 13.7 Å². The molecular formula is C22H23NO2. The lowest BCUT2D eigenvalue weighted by atomic mass is 9.71. The Balaban J connectivity index is 1.53. The van der Waals surface area contributed by atoms with Crippen molar-refractivity contribution < 1.29 is 9.53 Å². The molecule has 4 aliphatic heterocycles. The Morgan fingerprint density at radius 2 is 2.00 bits per heavy atom. The lowest BCUT2D eigenvalue weighted by molar-refractivity contribution is -0.153. The first kappa shape index (κ1) is 15.2. The number of hydrogen-bond donors (Lipinski definition) is 0. The van der Waals surface area contributed by atoms with Crippen LogP contribution < -0.4 is 0 Å². The van der Waals surface area contributed by atoms with E-state index in [-0.39, 0.29) is 11.9 Å². The second kappa shape index (κ2) is 5.70. The van der Waals surface area contributed by atoms with Crippen LogP contribution in [0.3, 0.4) is 0 Å². The molecule has 4 heterocycles. The molecular weight excluding hydrogens is 310 g/mol. The molecule has 128 valence electrons. The maximum absolute atomic E-state index is 12.4. The van der Waals surface area contributed by atoms with Crippen molar-refractivity contribution in [2.45, 2.75) is 31.3 Å². The number of fused-ring (bicyclic) bond motifs is 2. The van der Waals surface area contributed by atoms with Crippen molar-refractivity contribution in [1.82, 2.24) is 4.90 Å². The molecule has 0 N–H and O–H groups in total. The number of carbonyl (C=O) groups excluding carboxylic acids is 1. The van der Waals surface area contributed by atoms with Crippen LogP contribution in [0.5, 0.6) is 0 Å². The molecule has 0 saturated carbocycles. The van der Waals surface area contributed by atoms with E-state index in [1.807, 2.05) is 0 Å². The van der Waals surface area contributed by atoms with Crippen LogP contribution in [-0.4, -0.2) is 36.6 Å². The first-order valence-electron chi connectivity index (χ1n) is 9.27. The summed E-state index contributed by atoms with van der Waals surface area (Å²) in [5.74, 6) is 0.343. The van der Waals surface area contributed by atoms with Crippen LogP contribution in [-0.2, 0) is 9.53 Å². The van der Waals surface area contributed by atoms with E-state index in [0.717, 1.165) is 19.4 Å². The van der Waals surface area contributed by atoms with E-state index in [2.05, 4.69) is 53.4 Å². The monoisotopic (exact) mass is 333 g/mol. The Bertz CT molecular complexity index is 871. The van der Waals surface area contributed by atoms with Crippen LogP contribution in [0.1, 0.15) is 24.8 Å². The second-order valence-corrected chi connectivity index (χ2v) is 7.69. The smallest absolute Gasteiger partial charge is 0.310 e. The van der Waals surface area contributed by atoms with Crippen molar-refractivity contribution in [3.8, 4) is 0 Å². The van der Waals surface area contributed by atoms with Gasteiger partial charge in [0, 0.05) is 18.6 Å². The first-order chi connectivity index (χ1) is 12.2. The largest absolute Gasteiger partial charge is 0.469 e. The molecule has 4 aliphatic rings. The molecule has 4 bridgehead atoms. The third-order valence-electron chi connectivity index (χ3n) is 6.51. The summed E-state index contributed by atoms with van der Waals surface area (Å²) in [7, 11) is 1.53. The summed E-state index contributed by atoms with van der Waals surface area (Å²) in [4.78, 5) is 15.0. The second-order valence-electron chi connectivity index (χ2n) is 7.69. The van der Waals surface area contributed by atoms with E-state index in [1.165, 1.54) is 35.4 Å². The average molecular weight is 333 g/mol. The average Bonchev–Trinajstić information content (AvgIpc) is 2.96. The van der Waals surface area contributed by atoms with Crippen molar-refractivity contribution in [3.63, 3.8) is 0 Å². The summed E-state index contributed by atoms with van der Waals surface area (Å²) in [6.45, 7) is 1.01. The zero-order chi connectivity index (χ0) is 17.0. The predicted octanol–water partition coefficient (Wildman–Crippen LogP) is 3.88. The van der Waals surface area contributed by atoms with E-state index in [0.29, 0.717) is 18.0 Å². The molecule has 0 spiro atoms. The highest BCUT2D eigenvalue weighted by atomic mass is 16.5. The van der Waals surface area contributed by atoms with E-state index in [1.54, 1.807) is 0 Å². The van der Waals surface area contributed by atoms with Crippen LogP contribution in [0, 0.1) is 11.8 Å². The molecule has 25 heavy (non-hydrogen) atoms. The number of hydrogen-bond acceptors (Lipinski definition) is 3. The summed E-state index contributed by atoms with van der Waals surface area (Å²) in [5, 5.41) is 2.53. The third kappa shape index (κ3) is 2.33. The van der Waals surface area contributed by atoms with Gasteiger partial charge in [0.1, 0.15) is 0 Å². The Kier molecular flexibility index (Phi) is 3.46. The number of esters is 1. The van der Waals surface area contributed by atoms with Crippen LogP contribution in [0.25, 0.3) is 16.8 Å². The molecule has 2 aromatic carbocycles. The number of carbonyl (C=O) groups is 1. The van der Waals surface area contributed by atoms with Crippen molar-refractivity contribution in [1.29, 1.82) is 0 Å². The molecule has 5 atom stereocenters. The van der Waals surface area contributed by atoms with E-state index < -0.39 is 0 Å². The van der Waals surface area contributed by atoms with Gasteiger partial charge in [0.2, 0.25) is 0 Å². The fourth-order valence-electron chi connectivity index (χ4n) is 5.39. The molecule has 3 heteroatoms. The highest BCUT2D eigenvalue weighted by Gasteiger charge is 2.55. The van der Waals surface area contributed by atoms with Gasteiger partial charge in [0.25, 0.3) is 0 Å². The quantitative estimate of drug-likeness (QED) is 0.781. The standard InChI is InChI=1S/C22H23NO2/c1-25-22(24)21-19-12-18-8-9-20(21)23(18)13-17(19)11-14-6-7-15-4-2-3-5-16(15)10-14/h2-7,10-11,18-21H,8-9,12-13H2,1H3/b17-11+. The summed E-state index contributed by atoms with van der Waals surface area (Å²) < 4.78 is 5.16. The minimum atomic E-state index is -0.0236. The molecule has 4 fully saturated rings. The predicted molar refractivity (Wildman–Crippen MR) is 99.1 cm³/mol. The number of benzene rings is 2. The molecule has 4 saturated heterocycles. The number of methoxy groups -OCH3 is 1. The van der Waals surface area contributed by atoms with Gasteiger partial charge in [-0.1, -0.05) is 48.0 Å². The van der Waals surface area contributed by atoms with Crippen molar-refractivity contribution in [2.24, 2.45) is 11.8 Å². The molecule has 6 rings (SSSR count). The highest BCUT2D eigenvalue weighted by molar-refractivity contribution is 5.85. The topological polar surface area (TPSA) is 29.5 Å². The molecule has 0 radical (unpaired) electrons. The maximum Gasteiger partial charge on any atom is 0.310 e. The molecule has 0 amide bonds. The number of piperidine rings is 3. The van der Waals surface area contributed by atoms with Gasteiger partial charge >= 0.3 is 5.97 Å². The molecule has 0 aromatic heterocycles. The van der Waals surface area contributed by atoms with Gasteiger partial charge in [0.15, 0.2) is 0 Å². The van der Waals surface area contributed by atoms with E-state index in [4.69, 9.17) is 4.74 Å². The molecule has 0 aliphatic carbocycles. The minimum Gasteiger partial charge on any atom is -0.469 e. The van der Waals surface area contributed by atoms with Crippen LogP contribution in [0.2, 0.25) is 0 Å². The molecule has 3 nitrogen and oxygen atoms in total. The van der Waals surface area contributed by atoms with Gasteiger partial charge in [0.05, 0.1) is 13.0 Å². The summed E-state index contributed by atoms with van der Waals surface area (Å²) in [5.41, 5.74) is 2.64. The van der Waals surface area contributed by atoms with Crippen LogP contribution in [0.15, 0.2) is 48.0 Å². The summed E-state index contributed by atoms with van der Waals surface area (Å²) in [6, 6.07) is 16.1. The van der Waals surface area contributed by atoms with Gasteiger partial charge < -0.3 is 4.74 Å².